The first-order valence-corrected chi connectivity index (χ1v) is 12.4. The molecule has 0 aromatic heterocycles. The van der Waals surface area contributed by atoms with Crippen LogP contribution < -0.4 is 10.2 Å². The first kappa shape index (κ1) is 22.8. The molecule has 1 amide bonds. The summed E-state index contributed by atoms with van der Waals surface area (Å²) in [7, 11) is 0. The average Bonchev–Trinajstić information content (AvgIpc) is 2.80. The van der Waals surface area contributed by atoms with E-state index in [1.54, 1.807) is 0 Å². The van der Waals surface area contributed by atoms with Gasteiger partial charge in [-0.2, -0.15) is 0 Å². The number of aryl methyl sites for hydroxylation is 1. The van der Waals surface area contributed by atoms with Crippen LogP contribution in [0.15, 0.2) is 48.5 Å². The number of rotatable bonds is 6. The number of nitrogens with one attached hydrogen (secondary N) is 1. The minimum Gasteiger partial charge on any atom is -0.372 e. The summed E-state index contributed by atoms with van der Waals surface area (Å²) >= 11 is 0. The third kappa shape index (κ3) is 5.92. The van der Waals surface area contributed by atoms with Crippen LogP contribution in [-0.2, 0) is 11.3 Å². The fourth-order valence-corrected chi connectivity index (χ4v) is 5.08. The van der Waals surface area contributed by atoms with Crippen LogP contribution in [0, 0.1) is 18.8 Å². The van der Waals surface area contributed by atoms with Gasteiger partial charge < -0.3 is 10.2 Å². The van der Waals surface area contributed by atoms with Gasteiger partial charge in [-0.25, -0.2) is 0 Å². The van der Waals surface area contributed by atoms with Gasteiger partial charge in [-0.15, -0.1) is 0 Å². The predicted octanol–water partition coefficient (Wildman–Crippen LogP) is 5.32. The van der Waals surface area contributed by atoms with Crippen molar-refractivity contribution >= 4 is 11.6 Å². The Morgan fingerprint density at radius 3 is 2.34 bits per heavy atom. The molecule has 2 aliphatic heterocycles. The van der Waals surface area contributed by atoms with E-state index in [4.69, 9.17) is 0 Å². The molecule has 0 spiro atoms. The van der Waals surface area contributed by atoms with Crippen LogP contribution >= 0.6 is 0 Å². The molecule has 2 fully saturated rings. The van der Waals surface area contributed by atoms with Crippen molar-refractivity contribution in [1.29, 1.82) is 0 Å². The highest BCUT2D eigenvalue weighted by molar-refractivity contribution is 5.79. The molecule has 2 heterocycles. The third-order valence-corrected chi connectivity index (χ3v) is 7.35. The van der Waals surface area contributed by atoms with Gasteiger partial charge in [0.25, 0.3) is 0 Å². The lowest BCUT2D eigenvalue weighted by Crippen LogP contribution is -2.40. The number of piperidine rings is 2. The topological polar surface area (TPSA) is 35.6 Å². The van der Waals surface area contributed by atoms with E-state index in [-0.39, 0.29) is 17.9 Å². The predicted molar refractivity (Wildman–Crippen MR) is 133 cm³/mol. The second-order valence-corrected chi connectivity index (χ2v) is 10.0. The molecule has 172 valence electrons. The number of nitrogens with zero attached hydrogens (tertiary/aromatic N) is 2. The van der Waals surface area contributed by atoms with Gasteiger partial charge in [0.15, 0.2) is 0 Å². The number of hydrogen-bond donors (Lipinski definition) is 1. The standard InChI is InChI=1S/C28H39N3O/c1-21-11-17-31(18-12-21)27-9-7-25(8-10-27)23(3)29-28(32)26-13-15-30(16-14-26)20-24-6-4-5-22(2)19-24/h4-10,19,21,23,26H,11-18,20H2,1-3H3,(H,29,32)/t23-/m0/s1. The van der Waals surface area contributed by atoms with Crippen molar-refractivity contribution in [2.45, 2.75) is 59.0 Å². The average molecular weight is 434 g/mol. The number of likely N-dealkylation sites (tertiary alicyclic amines) is 1. The van der Waals surface area contributed by atoms with Crippen molar-refractivity contribution in [1.82, 2.24) is 10.2 Å². The molecule has 4 heteroatoms. The summed E-state index contributed by atoms with van der Waals surface area (Å²) in [6, 6.07) is 17.6. The lowest BCUT2D eigenvalue weighted by molar-refractivity contribution is -0.127. The van der Waals surface area contributed by atoms with Crippen molar-refractivity contribution in [2.75, 3.05) is 31.1 Å². The summed E-state index contributed by atoms with van der Waals surface area (Å²) in [5.41, 5.74) is 5.16. The molecule has 32 heavy (non-hydrogen) atoms. The van der Waals surface area contributed by atoms with Crippen LogP contribution in [0.3, 0.4) is 0 Å². The van der Waals surface area contributed by atoms with Gasteiger partial charge in [-0.05, 0) is 81.8 Å². The summed E-state index contributed by atoms with van der Waals surface area (Å²) < 4.78 is 0. The zero-order valence-electron chi connectivity index (χ0n) is 20.0. The van der Waals surface area contributed by atoms with Crippen molar-refractivity contribution in [3.8, 4) is 0 Å². The minimum absolute atomic E-state index is 0.0447. The molecule has 2 aliphatic rings. The summed E-state index contributed by atoms with van der Waals surface area (Å²) in [4.78, 5) is 17.9. The maximum atomic E-state index is 12.9. The van der Waals surface area contributed by atoms with E-state index in [1.807, 2.05) is 0 Å². The highest BCUT2D eigenvalue weighted by atomic mass is 16.1. The molecule has 0 unspecified atom stereocenters. The molecule has 2 aromatic rings. The minimum atomic E-state index is 0.0447. The van der Waals surface area contributed by atoms with Gasteiger partial charge in [0.05, 0.1) is 6.04 Å². The Balaban J connectivity index is 1.24. The Labute approximate surface area is 194 Å². The zero-order valence-corrected chi connectivity index (χ0v) is 20.0. The highest BCUT2D eigenvalue weighted by Crippen LogP contribution is 2.25. The van der Waals surface area contributed by atoms with Crippen LogP contribution in [0.1, 0.15) is 62.3 Å². The lowest BCUT2D eigenvalue weighted by Gasteiger charge is -2.32. The fraction of sp³-hybridized carbons (Fsp3) is 0.536. The smallest absolute Gasteiger partial charge is 0.223 e. The Hall–Kier alpha value is -2.33. The third-order valence-electron chi connectivity index (χ3n) is 7.35. The molecule has 4 rings (SSSR count). The van der Waals surface area contributed by atoms with Gasteiger partial charge in [-0.3, -0.25) is 9.69 Å². The van der Waals surface area contributed by atoms with Gasteiger partial charge in [-0.1, -0.05) is 48.9 Å². The molecule has 4 nitrogen and oxygen atoms in total. The van der Waals surface area contributed by atoms with E-state index in [0.29, 0.717) is 0 Å². The van der Waals surface area contributed by atoms with Crippen LogP contribution in [0.4, 0.5) is 5.69 Å². The van der Waals surface area contributed by atoms with Crippen molar-refractivity contribution < 1.29 is 4.79 Å². The largest absolute Gasteiger partial charge is 0.372 e. The summed E-state index contributed by atoms with van der Waals surface area (Å²) in [5.74, 6) is 1.18. The number of benzene rings is 2. The number of anilines is 1. The molecule has 0 saturated carbocycles. The normalized spacial score (nSPS) is 19.7. The maximum absolute atomic E-state index is 12.9. The van der Waals surface area contributed by atoms with E-state index in [1.165, 1.54) is 35.2 Å². The van der Waals surface area contributed by atoms with Crippen LogP contribution in [-0.4, -0.2) is 37.0 Å². The Kier molecular flexibility index (Phi) is 7.51. The quantitative estimate of drug-likeness (QED) is 0.670. The number of carbonyl (C=O) groups is 1. The van der Waals surface area contributed by atoms with Crippen molar-refractivity contribution in [3.63, 3.8) is 0 Å². The first-order chi connectivity index (χ1) is 15.5. The summed E-state index contributed by atoms with van der Waals surface area (Å²) in [6.45, 7) is 11.8. The van der Waals surface area contributed by atoms with Gasteiger partial charge in [0.2, 0.25) is 5.91 Å². The molecular formula is C28H39N3O. The summed E-state index contributed by atoms with van der Waals surface area (Å²) in [6.07, 6.45) is 4.43. The molecule has 0 bridgehead atoms. The SMILES string of the molecule is Cc1cccc(CN2CCC(C(=O)N[C@@H](C)c3ccc(N4CCC(C)CC4)cc3)CC2)c1. The van der Waals surface area contributed by atoms with E-state index >= 15 is 0 Å². The van der Waals surface area contributed by atoms with E-state index in [9.17, 15) is 4.79 Å². The molecule has 0 radical (unpaired) electrons. The van der Waals surface area contributed by atoms with Gasteiger partial charge in [0, 0.05) is 31.2 Å². The maximum Gasteiger partial charge on any atom is 0.223 e. The Morgan fingerprint density at radius 2 is 1.69 bits per heavy atom. The lowest BCUT2D eigenvalue weighted by atomic mass is 9.94. The molecule has 2 aromatic carbocycles. The van der Waals surface area contributed by atoms with Crippen LogP contribution in [0.5, 0.6) is 0 Å². The Morgan fingerprint density at radius 1 is 1.00 bits per heavy atom. The van der Waals surface area contributed by atoms with Crippen LogP contribution in [0.2, 0.25) is 0 Å². The first-order valence-electron chi connectivity index (χ1n) is 12.4. The second-order valence-electron chi connectivity index (χ2n) is 10.0. The molecule has 2 saturated heterocycles. The number of carbonyl (C=O) groups excluding carboxylic acids is 1. The van der Waals surface area contributed by atoms with Crippen LogP contribution in [0.25, 0.3) is 0 Å². The summed E-state index contributed by atoms with van der Waals surface area (Å²) in [5, 5.41) is 3.27. The zero-order chi connectivity index (χ0) is 22.5. The van der Waals surface area contributed by atoms with E-state index in [0.717, 1.165) is 51.5 Å². The molecule has 1 N–H and O–H groups in total. The number of amides is 1. The van der Waals surface area contributed by atoms with Crippen molar-refractivity contribution in [2.24, 2.45) is 11.8 Å². The molecule has 0 aliphatic carbocycles. The highest BCUT2D eigenvalue weighted by Gasteiger charge is 2.26. The van der Waals surface area contributed by atoms with E-state index < -0.39 is 0 Å². The monoisotopic (exact) mass is 433 g/mol. The van der Waals surface area contributed by atoms with Gasteiger partial charge >= 0.3 is 0 Å². The number of hydrogen-bond acceptors (Lipinski definition) is 3. The molecule has 1 atom stereocenters. The Bertz CT molecular complexity index is 878. The van der Waals surface area contributed by atoms with Crippen molar-refractivity contribution in [3.05, 3.63) is 65.2 Å². The van der Waals surface area contributed by atoms with Gasteiger partial charge in [0.1, 0.15) is 0 Å². The molecular weight excluding hydrogens is 394 g/mol. The fourth-order valence-electron chi connectivity index (χ4n) is 5.08. The van der Waals surface area contributed by atoms with E-state index in [2.05, 4.69) is 84.4 Å². The second kappa shape index (κ2) is 10.5.